The molecule has 0 bridgehead atoms. The van der Waals surface area contributed by atoms with Gasteiger partial charge in [-0.05, 0) is 25.3 Å². The molecule has 0 radical (unpaired) electrons. The summed E-state index contributed by atoms with van der Waals surface area (Å²) in [6.45, 7) is 7.13. The fraction of sp³-hybridized carbons (Fsp3) is 0.467. The monoisotopic (exact) mass is 259 g/mol. The van der Waals surface area contributed by atoms with Crippen molar-refractivity contribution in [3.05, 3.63) is 47.6 Å². The first-order chi connectivity index (χ1) is 9.16. The number of hydrogen-bond donors (Lipinski definition) is 1. The Morgan fingerprint density at radius 1 is 1.21 bits per heavy atom. The number of nitrogens with zero attached hydrogens (tertiary/aromatic N) is 2. The minimum Gasteiger partial charge on any atom is -0.339 e. The average Bonchev–Trinajstić information content (AvgIpc) is 2.84. The van der Waals surface area contributed by atoms with Gasteiger partial charge in [-0.1, -0.05) is 42.4 Å². The van der Waals surface area contributed by atoms with Gasteiger partial charge in [-0.15, -0.1) is 0 Å². The molecule has 1 aromatic heterocycles. The van der Waals surface area contributed by atoms with Crippen LogP contribution in [0.5, 0.6) is 0 Å². The molecule has 19 heavy (non-hydrogen) atoms. The zero-order chi connectivity index (χ0) is 13.7. The van der Waals surface area contributed by atoms with Crippen molar-refractivity contribution in [2.75, 3.05) is 6.54 Å². The summed E-state index contributed by atoms with van der Waals surface area (Å²) < 4.78 is 5.09. The predicted octanol–water partition coefficient (Wildman–Crippen LogP) is 2.70. The van der Waals surface area contributed by atoms with Crippen LogP contribution in [0.2, 0.25) is 0 Å². The smallest absolute Gasteiger partial charge is 0.227 e. The lowest BCUT2D eigenvalue weighted by Crippen LogP contribution is -2.32. The Morgan fingerprint density at radius 3 is 2.58 bits per heavy atom. The van der Waals surface area contributed by atoms with Crippen LogP contribution in [-0.2, 0) is 6.42 Å². The molecule has 2 aromatic rings. The van der Waals surface area contributed by atoms with Crippen molar-refractivity contribution in [1.82, 2.24) is 15.5 Å². The maximum atomic E-state index is 5.09. The van der Waals surface area contributed by atoms with Gasteiger partial charge in [0.2, 0.25) is 5.89 Å². The Morgan fingerprint density at radius 2 is 1.95 bits per heavy atom. The third-order valence-corrected chi connectivity index (χ3v) is 3.45. The second kappa shape index (κ2) is 6.48. The molecule has 1 aromatic carbocycles. The maximum Gasteiger partial charge on any atom is 0.227 e. The topological polar surface area (TPSA) is 51.0 Å². The molecule has 0 aliphatic rings. The van der Waals surface area contributed by atoms with E-state index < -0.39 is 0 Å². The van der Waals surface area contributed by atoms with E-state index in [2.05, 4.69) is 53.6 Å². The van der Waals surface area contributed by atoms with Crippen LogP contribution in [0.25, 0.3) is 0 Å². The maximum absolute atomic E-state index is 5.09. The highest BCUT2D eigenvalue weighted by Gasteiger charge is 2.13. The zero-order valence-electron chi connectivity index (χ0n) is 11.8. The van der Waals surface area contributed by atoms with Crippen molar-refractivity contribution in [2.24, 2.45) is 0 Å². The third-order valence-electron chi connectivity index (χ3n) is 3.45. The van der Waals surface area contributed by atoms with Crippen LogP contribution in [0, 0.1) is 6.92 Å². The van der Waals surface area contributed by atoms with Gasteiger partial charge in [-0.3, -0.25) is 0 Å². The number of aryl methyl sites for hydroxylation is 1. The minimum absolute atomic E-state index is 0.409. The normalized spacial score (nSPS) is 14.3. The van der Waals surface area contributed by atoms with E-state index in [-0.39, 0.29) is 0 Å². The van der Waals surface area contributed by atoms with Gasteiger partial charge in [0.05, 0.1) is 0 Å². The van der Waals surface area contributed by atoms with Gasteiger partial charge in [0.15, 0.2) is 5.82 Å². The molecule has 0 fully saturated rings. The van der Waals surface area contributed by atoms with Gasteiger partial charge < -0.3 is 9.84 Å². The lowest BCUT2D eigenvalue weighted by molar-refractivity contribution is 0.367. The highest BCUT2D eigenvalue weighted by Crippen LogP contribution is 2.18. The van der Waals surface area contributed by atoms with Gasteiger partial charge in [0, 0.05) is 19.0 Å². The number of benzene rings is 1. The molecule has 2 rings (SSSR count). The van der Waals surface area contributed by atoms with E-state index in [0.29, 0.717) is 23.7 Å². The number of aromatic nitrogens is 2. The van der Waals surface area contributed by atoms with Gasteiger partial charge >= 0.3 is 0 Å². The standard InChI is InChI=1S/C15H21N3O/c1-11(14-7-5-4-6-8-14)12(2)16-10-9-15-17-13(3)18-19-15/h4-8,11-12,16H,9-10H2,1-3H3. The van der Waals surface area contributed by atoms with Gasteiger partial charge in [-0.2, -0.15) is 4.98 Å². The first-order valence-corrected chi connectivity index (χ1v) is 6.74. The molecule has 0 saturated carbocycles. The van der Waals surface area contributed by atoms with E-state index in [1.165, 1.54) is 5.56 Å². The van der Waals surface area contributed by atoms with Crippen LogP contribution in [0.15, 0.2) is 34.9 Å². The van der Waals surface area contributed by atoms with Crippen molar-refractivity contribution in [1.29, 1.82) is 0 Å². The van der Waals surface area contributed by atoms with Crippen molar-refractivity contribution < 1.29 is 4.52 Å². The fourth-order valence-corrected chi connectivity index (χ4v) is 2.07. The van der Waals surface area contributed by atoms with Crippen LogP contribution < -0.4 is 5.32 Å². The van der Waals surface area contributed by atoms with Crippen molar-refractivity contribution in [3.8, 4) is 0 Å². The van der Waals surface area contributed by atoms with E-state index in [0.717, 1.165) is 13.0 Å². The van der Waals surface area contributed by atoms with Gasteiger partial charge in [-0.25, -0.2) is 0 Å². The van der Waals surface area contributed by atoms with Crippen LogP contribution in [0.1, 0.15) is 37.0 Å². The van der Waals surface area contributed by atoms with E-state index >= 15 is 0 Å². The van der Waals surface area contributed by atoms with Crippen LogP contribution in [0.3, 0.4) is 0 Å². The minimum atomic E-state index is 0.409. The second-order valence-corrected chi connectivity index (χ2v) is 4.93. The van der Waals surface area contributed by atoms with Crippen molar-refractivity contribution in [3.63, 3.8) is 0 Å². The molecule has 0 aliphatic heterocycles. The van der Waals surface area contributed by atoms with E-state index in [1.807, 2.05) is 13.0 Å². The average molecular weight is 259 g/mol. The Labute approximate surface area is 114 Å². The lowest BCUT2D eigenvalue weighted by Gasteiger charge is -2.21. The van der Waals surface area contributed by atoms with E-state index in [4.69, 9.17) is 4.52 Å². The van der Waals surface area contributed by atoms with Crippen LogP contribution >= 0.6 is 0 Å². The Balaban J connectivity index is 1.79. The van der Waals surface area contributed by atoms with E-state index in [9.17, 15) is 0 Å². The van der Waals surface area contributed by atoms with Gasteiger partial charge in [0.25, 0.3) is 0 Å². The fourth-order valence-electron chi connectivity index (χ4n) is 2.07. The summed E-state index contributed by atoms with van der Waals surface area (Å²) in [6.07, 6.45) is 0.771. The molecule has 4 nitrogen and oxygen atoms in total. The number of rotatable bonds is 6. The SMILES string of the molecule is Cc1noc(CCNC(C)C(C)c2ccccc2)n1. The second-order valence-electron chi connectivity index (χ2n) is 4.93. The summed E-state index contributed by atoms with van der Waals surface area (Å²) in [5.41, 5.74) is 1.36. The zero-order valence-corrected chi connectivity index (χ0v) is 11.8. The summed E-state index contributed by atoms with van der Waals surface area (Å²) in [7, 11) is 0. The van der Waals surface area contributed by atoms with Crippen molar-refractivity contribution >= 4 is 0 Å². The molecule has 102 valence electrons. The highest BCUT2D eigenvalue weighted by atomic mass is 16.5. The predicted molar refractivity (Wildman–Crippen MR) is 75.1 cm³/mol. The summed E-state index contributed by atoms with van der Waals surface area (Å²) in [4.78, 5) is 4.19. The summed E-state index contributed by atoms with van der Waals surface area (Å²) >= 11 is 0. The molecule has 2 atom stereocenters. The first kappa shape index (κ1) is 13.7. The quantitative estimate of drug-likeness (QED) is 0.866. The molecule has 2 unspecified atom stereocenters. The molecular weight excluding hydrogens is 238 g/mol. The number of nitrogens with one attached hydrogen (secondary N) is 1. The van der Waals surface area contributed by atoms with Gasteiger partial charge in [0.1, 0.15) is 0 Å². The Hall–Kier alpha value is -1.68. The molecule has 4 heteroatoms. The highest BCUT2D eigenvalue weighted by molar-refractivity contribution is 5.20. The molecule has 0 amide bonds. The summed E-state index contributed by atoms with van der Waals surface area (Å²) in [5, 5.41) is 7.29. The molecule has 1 N–H and O–H groups in total. The molecule has 0 aliphatic carbocycles. The molecule has 0 spiro atoms. The van der Waals surface area contributed by atoms with Crippen molar-refractivity contribution in [2.45, 2.75) is 39.2 Å². The molecular formula is C15H21N3O. The third kappa shape index (κ3) is 3.89. The lowest BCUT2D eigenvalue weighted by atomic mass is 9.94. The van der Waals surface area contributed by atoms with E-state index in [1.54, 1.807) is 0 Å². The molecule has 0 saturated heterocycles. The summed E-state index contributed by atoms with van der Waals surface area (Å²) in [5.74, 6) is 1.87. The Kier molecular flexibility index (Phi) is 4.68. The molecule has 1 heterocycles. The summed E-state index contributed by atoms with van der Waals surface area (Å²) in [6, 6.07) is 11.0. The Bertz CT molecular complexity index is 495. The van der Waals surface area contributed by atoms with Crippen LogP contribution in [-0.4, -0.2) is 22.7 Å². The largest absolute Gasteiger partial charge is 0.339 e. The van der Waals surface area contributed by atoms with Crippen LogP contribution in [0.4, 0.5) is 0 Å². The first-order valence-electron chi connectivity index (χ1n) is 6.74. The number of hydrogen-bond acceptors (Lipinski definition) is 4.